The molecule has 0 amide bonds. The number of aromatic carboxylic acids is 1. The highest BCUT2D eigenvalue weighted by molar-refractivity contribution is 6.31. The summed E-state index contributed by atoms with van der Waals surface area (Å²) in [6.45, 7) is 1.85. The van der Waals surface area contributed by atoms with Crippen molar-refractivity contribution >= 4 is 35.1 Å². The topological polar surface area (TPSA) is 72.2 Å². The second-order valence-corrected chi connectivity index (χ2v) is 7.00. The Morgan fingerprint density at radius 2 is 2.12 bits per heavy atom. The van der Waals surface area contributed by atoms with E-state index in [1.165, 1.54) is 6.20 Å². The van der Waals surface area contributed by atoms with Crippen molar-refractivity contribution in [2.75, 3.05) is 0 Å². The molecule has 1 aliphatic carbocycles. The molecule has 1 fully saturated rings. The molecule has 134 valence electrons. The monoisotopic (exact) mass is 378 g/mol. The van der Waals surface area contributed by atoms with Crippen molar-refractivity contribution in [2.45, 2.75) is 31.6 Å². The molecule has 0 radical (unpaired) electrons. The van der Waals surface area contributed by atoms with Gasteiger partial charge < -0.3 is 5.11 Å². The second-order valence-electron chi connectivity index (χ2n) is 6.60. The number of aromatic nitrogens is 2. The molecule has 4 rings (SSSR count). The fourth-order valence-corrected chi connectivity index (χ4v) is 3.43. The predicted molar refractivity (Wildman–Crippen MR) is 90.8 cm³/mol. The summed E-state index contributed by atoms with van der Waals surface area (Å²) in [5.41, 5.74) is 1.46. The number of carboxylic acid groups (broad SMARTS) is 1. The first-order chi connectivity index (χ1) is 12.2. The van der Waals surface area contributed by atoms with Crippen LogP contribution >= 0.6 is 11.6 Å². The van der Waals surface area contributed by atoms with E-state index in [1.54, 1.807) is 18.2 Å². The van der Waals surface area contributed by atoms with Gasteiger partial charge in [0, 0.05) is 29.6 Å². The van der Waals surface area contributed by atoms with Crippen LogP contribution < -0.4 is 0 Å². The fraction of sp³-hybridized carbons (Fsp3) is 0.278. The van der Waals surface area contributed by atoms with Gasteiger partial charge in [0.2, 0.25) is 0 Å². The maximum atomic E-state index is 13.6. The zero-order valence-corrected chi connectivity index (χ0v) is 14.3. The standard InChI is InChI=1S/C18H13ClF2N2O3/c1-8-2-3-9(4-12(8)19)10-5-13(24)16-14(11-6-18(11,20)21)15(17(25)26)22-23(16)7-10/h2-4,7,11H,5-6H2,1H3,(H,25,26). The normalized spacial score (nSPS) is 20.5. The van der Waals surface area contributed by atoms with Crippen LogP contribution in [0.15, 0.2) is 18.2 Å². The molecule has 0 saturated heterocycles. The van der Waals surface area contributed by atoms with E-state index in [4.69, 9.17) is 11.6 Å². The van der Waals surface area contributed by atoms with Crippen LogP contribution in [0.1, 0.15) is 56.4 Å². The fourth-order valence-electron chi connectivity index (χ4n) is 3.25. The lowest BCUT2D eigenvalue weighted by Crippen LogP contribution is -2.15. The first-order valence-electron chi connectivity index (χ1n) is 7.93. The minimum Gasteiger partial charge on any atom is -0.476 e. The number of hydrogen-bond acceptors (Lipinski definition) is 3. The van der Waals surface area contributed by atoms with Gasteiger partial charge in [-0.2, -0.15) is 5.10 Å². The molecule has 1 saturated carbocycles. The predicted octanol–water partition coefficient (Wildman–Crippen LogP) is 4.25. The number of aryl methyl sites for hydroxylation is 1. The van der Waals surface area contributed by atoms with Gasteiger partial charge in [-0.15, -0.1) is 0 Å². The Labute approximate surface area is 151 Å². The number of fused-ring (bicyclic) bond motifs is 1. The number of hydrogen-bond donors (Lipinski definition) is 1. The number of rotatable bonds is 3. The number of carbonyl (C=O) groups is 2. The Bertz CT molecular complexity index is 1010. The van der Waals surface area contributed by atoms with E-state index in [1.807, 2.05) is 6.92 Å². The van der Waals surface area contributed by atoms with Gasteiger partial charge in [0.15, 0.2) is 11.5 Å². The third-order valence-corrected chi connectivity index (χ3v) is 5.17. The average molecular weight is 379 g/mol. The summed E-state index contributed by atoms with van der Waals surface area (Å²) >= 11 is 6.13. The SMILES string of the molecule is Cc1ccc(C2=Cn3nc(C(=O)O)c(C4CC4(F)F)c3C(=O)C2)cc1Cl. The van der Waals surface area contributed by atoms with Gasteiger partial charge in [0.05, 0.1) is 5.92 Å². The minimum absolute atomic E-state index is 0.0323. The molecule has 8 heteroatoms. The highest BCUT2D eigenvalue weighted by Crippen LogP contribution is 2.57. The largest absolute Gasteiger partial charge is 0.476 e. The highest BCUT2D eigenvalue weighted by Gasteiger charge is 2.60. The summed E-state index contributed by atoms with van der Waals surface area (Å²) in [4.78, 5) is 24.1. The molecule has 0 bridgehead atoms. The first-order valence-corrected chi connectivity index (χ1v) is 8.31. The highest BCUT2D eigenvalue weighted by atomic mass is 35.5. The first kappa shape index (κ1) is 16.9. The summed E-state index contributed by atoms with van der Waals surface area (Å²) in [6.07, 6.45) is 1.01. The van der Waals surface area contributed by atoms with Gasteiger partial charge >= 0.3 is 5.97 Å². The molecule has 1 unspecified atom stereocenters. The van der Waals surface area contributed by atoms with E-state index >= 15 is 0 Å². The van der Waals surface area contributed by atoms with E-state index in [-0.39, 0.29) is 17.7 Å². The number of alkyl halides is 2. The second kappa shape index (κ2) is 5.48. The molecular formula is C18H13ClF2N2O3. The summed E-state index contributed by atoms with van der Waals surface area (Å²) in [5.74, 6) is -6.13. The van der Waals surface area contributed by atoms with Crippen molar-refractivity contribution in [1.82, 2.24) is 9.78 Å². The van der Waals surface area contributed by atoms with Crippen molar-refractivity contribution in [2.24, 2.45) is 0 Å². The van der Waals surface area contributed by atoms with Gasteiger partial charge in [-0.25, -0.2) is 18.3 Å². The van der Waals surface area contributed by atoms with Crippen molar-refractivity contribution in [3.05, 3.63) is 51.3 Å². The number of benzene rings is 1. The maximum Gasteiger partial charge on any atom is 0.356 e. The number of Topliss-reactive ketones (excluding diaryl/α,β-unsaturated/α-hetero) is 1. The van der Waals surface area contributed by atoms with Gasteiger partial charge in [-0.3, -0.25) is 4.79 Å². The summed E-state index contributed by atoms with van der Waals surface area (Å²) < 4.78 is 28.2. The van der Waals surface area contributed by atoms with Crippen LogP contribution in [0.3, 0.4) is 0 Å². The lowest BCUT2D eigenvalue weighted by molar-refractivity contribution is 0.0687. The van der Waals surface area contributed by atoms with E-state index < -0.39 is 35.7 Å². The summed E-state index contributed by atoms with van der Waals surface area (Å²) in [5, 5.41) is 13.8. The third kappa shape index (κ3) is 2.54. The number of allylic oxidation sites excluding steroid dienone is 1. The molecule has 5 nitrogen and oxygen atoms in total. The van der Waals surface area contributed by atoms with Crippen LogP contribution in [-0.2, 0) is 0 Å². The summed E-state index contributed by atoms with van der Waals surface area (Å²) in [6, 6.07) is 5.31. The van der Waals surface area contributed by atoms with Gasteiger partial charge in [0.1, 0.15) is 5.69 Å². The van der Waals surface area contributed by atoms with Crippen molar-refractivity contribution < 1.29 is 23.5 Å². The van der Waals surface area contributed by atoms with Crippen LogP contribution in [0.4, 0.5) is 8.78 Å². The molecule has 1 aliphatic heterocycles. The molecule has 1 aromatic carbocycles. The molecule has 2 heterocycles. The number of nitrogens with zero attached hydrogens (tertiary/aromatic N) is 2. The zero-order valence-electron chi connectivity index (χ0n) is 13.6. The molecule has 0 spiro atoms. The van der Waals surface area contributed by atoms with Gasteiger partial charge in [-0.05, 0) is 29.7 Å². The Morgan fingerprint density at radius 3 is 2.69 bits per heavy atom. The van der Waals surface area contributed by atoms with Crippen LogP contribution in [0.5, 0.6) is 0 Å². The van der Waals surface area contributed by atoms with E-state index in [0.29, 0.717) is 16.2 Å². The van der Waals surface area contributed by atoms with Crippen LogP contribution in [0, 0.1) is 6.92 Å². The Balaban J connectivity index is 1.85. The third-order valence-electron chi connectivity index (χ3n) is 4.76. The number of halogens is 3. The van der Waals surface area contributed by atoms with Crippen LogP contribution in [-0.4, -0.2) is 32.6 Å². The molecule has 1 N–H and O–H groups in total. The molecular weight excluding hydrogens is 366 g/mol. The van der Waals surface area contributed by atoms with Crippen LogP contribution in [0.2, 0.25) is 5.02 Å². The number of ketones is 1. The van der Waals surface area contributed by atoms with E-state index in [9.17, 15) is 23.5 Å². The number of carboxylic acids is 1. The Kier molecular flexibility index (Phi) is 3.56. The average Bonchev–Trinajstić information content (AvgIpc) is 3.02. The Morgan fingerprint density at radius 1 is 1.42 bits per heavy atom. The van der Waals surface area contributed by atoms with E-state index in [2.05, 4.69) is 5.10 Å². The Hall–Kier alpha value is -2.54. The minimum atomic E-state index is -3.00. The van der Waals surface area contributed by atoms with Crippen molar-refractivity contribution in [3.63, 3.8) is 0 Å². The van der Waals surface area contributed by atoms with Crippen molar-refractivity contribution in [3.8, 4) is 0 Å². The molecule has 1 aromatic heterocycles. The van der Waals surface area contributed by atoms with Crippen molar-refractivity contribution in [1.29, 1.82) is 0 Å². The summed E-state index contributed by atoms with van der Waals surface area (Å²) in [7, 11) is 0. The molecule has 2 aliphatic rings. The van der Waals surface area contributed by atoms with Crippen LogP contribution in [0.25, 0.3) is 11.8 Å². The lowest BCUT2D eigenvalue weighted by atomic mass is 9.94. The maximum absolute atomic E-state index is 13.6. The molecule has 2 aromatic rings. The van der Waals surface area contributed by atoms with Gasteiger partial charge in [0.25, 0.3) is 5.92 Å². The lowest BCUT2D eigenvalue weighted by Gasteiger charge is -2.16. The smallest absolute Gasteiger partial charge is 0.356 e. The zero-order chi connectivity index (χ0) is 18.8. The molecule has 1 atom stereocenters. The quantitative estimate of drug-likeness (QED) is 0.866. The molecule has 26 heavy (non-hydrogen) atoms. The van der Waals surface area contributed by atoms with Gasteiger partial charge in [-0.1, -0.05) is 23.7 Å². The number of carbonyl (C=O) groups excluding carboxylic acids is 1. The van der Waals surface area contributed by atoms with E-state index in [0.717, 1.165) is 10.2 Å².